The average molecular weight is 325 g/mol. The minimum absolute atomic E-state index is 0.0874. The number of hydrogen-bond acceptors (Lipinski definition) is 5. The molecule has 1 fully saturated rings. The Balaban J connectivity index is 1.41. The zero-order valence-electron chi connectivity index (χ0n) is 13.7. The molecule has 126 valence electrons. The third-order valence-electron chi connectivity index (χ3n) is 4.43. The van der Waals surface area contributed by atoms with Crippen LogP contribution in [0, 0.1) is 5.92 Å². The van der Waals surface area contributed by atoms with Crippen molar-refractivity contribution in [2.24, 2.45) is 5.92 Å². The molecule has 3 rings (SSSR count). The summed E-state index contributed by atoms with van der Waals surface area (Å²) >= 11 is 0. The summed E-state index contributed by atoms with van der Waals surface area (Å²) in [4.78, 5) is 22.9. The van der Waals surface area contributed by atoms with Crippen LogP contribution in [0.5, 0.6) is 0 Å². The molecule has 1 aromatic heterocycles. The van der Waals surface area contributed by atoms with Crippen molar-refractivity contribution in [3.8, 4) is 0 Å². The second-order valence-electron chi connectivity index (χ2n) is 6.11. The van der Waals surface area contributed by atoms with Crippen LogP contribution in [0.3, 0.4) is 0 Å². The monoisotopic (exact) mass is 325 g/mol. The van der Waals surface area contributed by atoms with Crippen molar-refractivity contribution in [3.63, 3.8) is 0 Å². The third kappa shape index (κ3) is 4.22. The van der Waals surface area contributed by atoms with Gasteiger partial charge < -0.3 is 16.0 Å². The molecule has 1 aliphatic rings. The van der Waals surface area contributed by atoms with Gasteiger partial charge in [-0.1, -0.05) is 12.1 Å². The highest BCUT2D eigenvalue weighted by atomic mass is 16.1. The van der Waals surface area contributed by atoms with E-state index < -0.39 is 0 Å². The zero-order chi connectivity index (χ0) is 16.8. The highest BCUT2D eigenvalue weighted by Crippen LogP contribution is 2.21. The van der Waals surface area contributed by atoms with E-state index in [2.05, 4.69) is 20.2 Å². The van der Waals surface area contributed by atoms with Gasteiger partial charge >= 0.3 is 0 Å². The maximum atomic E-state index is 12.3. The summed E-state index contributed by atoms with van der Waals surface area (Å²) in [6, 6.07) is 7.78. The molecule has 0 atom stereocenters. The van der Waals surface area contributed by atoms with Crippen molar-refractivity contribution in [2.45, 2.75) is 19.3 Å². The van der Waals surface area contributed by atoms with Gasteiger partial charge in [-0.15, -0.1) is 0 Å². The van der Waals surface area contributed by atoms with Crippen LogP contribution >= 0.6 is 0 Å². The number of carbonyl (C=O) groups is 1. The molecule has 0 unspecified atom stereocenters. The van der Waals surface area contributed by atoms with E-state index in [4.69, 9.17) is 5.73 Å². The summed E-state index contributed by atoms with van der Waals surface area (Å²) in [6.07, 6.45) is 7.67. The average Bonchev–Trinajstić information content (AvgIpc) is 2.64. The number of amides is 1. The molecule has 0 spiro atoms. The van der Waals surface area contributed by atoms with Gasteiger partial charge in [0.15, 0.2) is 0 Å². The van der Waals surface area contributed by atoms with Crippen LogP contribution in [-0.2, 0) is 11.2 Å². The van der Waals surface area contributed by atoms with Crippen LogP contribution in [0.25, 0.3) is 0 Å². The second kappa shape index (κ2) is 7.77. The van der Waals surface area contributed by atoms with E-state index in [9.17, 15) is 4.79 Å². The maximum absolute atomic E-state index is 12.3. The summed E-state index contributed by atoms with van der Waals surface area (Å²) < 4.78 is 0. The normalized spacial score (nSPS) is 15.2. The molecule has 0 aliphatic carbocycles. The van der Waals surface area contributed by atoms with Gasteiger partial charge in [0, 0.05) is 43.6 Å². The van der Waals surface area contributed by atoms with E-state index in [1.165, 1.54) is 5.56 Å². The van der Waals surface area contributed by atoms with Gasteiger partial charge in [-0.3, -0.25) is 9.78 Å². The van der Waals surface area contributed by atoms with Crippen LogP contribution < -0.4 is 16.0 Å². The molecule has 0 saturated carbocycles. The Morgan fingerprint density at radius 2 is 1.96 bits per heavy atom. The molecular formula is C18H23N5O. The molecule has 1 aliphatic heterocycles. The largest absolute Gasteiger partial charge is 0.399 e. The first kappa shape index (κ1) is 16.2. The van der Waals surface area contributed by atoms with Crippen LogP contribution in [0.15, 0.2) is 42.9 Å². The summed E-state index contributed by atoms with van der Waals surface area (Å²) in [6.45, 7) is 2.34. The molecule has 3 N–H and O–H groups in total. The molecular weight excluding hydrogens is 302 g/mol. The van der Waals surface area contributed by atoms with E-state index >= 15 is 0 Å². The van der Waals surface area contributed by atoms with Gasteiger partial charge in [-0.05, 0) is 37.0 Å². The summed E-state index contributed by atoms with van der Waals surface area (Å²) in [5, 5.41) is 3.05. The fourth-order valence-electron chi connectivity index (χ4n) is 2.98. The Bertz CT molecular complexity index is 651. The van der Waals surface area contributed by atoms with Gasteiger partial charge in [-0.25, -0.2) is 4.98 Å². The fraction of sp³-hybridized carbons (Fsp3) is 0.389. The smallest absolute Gasteiger partial charge is 0.223 e. The molecule has 1 saturated heterocycles. The molecule has 1 amide bonds. The molecule has 1 aromatic carbocycles. The van der Waals surface area contributed by atoms with Crippen molar-refractivity contribution in [2.75, 3.05) is 30.3 Å². The highest BCUT2D eigenvalue weighted by Gasteiger charge is 2.25. The lowest BCUT2D eigenvalue weighted by molar-refractivity contribution is -0.125. The Hall–Kier alpha value is -2.63. The van der Waals surface area contributed by atoms with Crippen molar-refractivity contribution < 1.29 is 4.79 Å². The Kier molecular flexibility index (Phi) is 5.25. The number of aromatic nitrogens is 2. The minimum Gasteiger partial charge on any atom is -0.399 e. The van der Waals surface area contributed by atoms with Crippen molar-refractivity contribution in [3.05, 3.63) is 48.4 Å². The van der Waals surface area contributed by atoms with E-state index in [1.807, 2.05) is 24.3 Å². The van der Waals surface area contributed by atoms with Crippen LogP contribution in [0.4, 0.5) is 11.5 Å². The summed E-state index contributed by atoms with van der Waals surface area (Å²) in [7, 11) is 0. The first-order chi connectivity index (χ1) is 11.7. The number of hydrogen-bond donors (Lipinski definition) is 2. The predicted octanol–water partition coefficient (Wildman–Crippen LogP) is 1.63. The third-order valence-corrected chi connectivity index (χ3v) is 4.43. The molecule has 0 radical (unpaired) electrons. The minimum atomic E-state index is 0.0874. The Labute approximate surface area is 142 Å². The number of nitrogens with zero attached hydrogens (tertiary/aromatic N) is 3. The van der Waals surface area contributed by atoms with E-state index in [0.29, 0.717) is 6.54 Å². The summed E-state index contributed by atoms with van der Waals surface area (Å²) in [5.41, 5.74) is 7.62. The number of anilines is 2. The molecule has 6 heteroatoms. The van der Waals surface area contributed by atoms with E-state index in [-0.39, 0.29) is 11.8 Å². The van der Waals surface area contributed by atoms with Crippen LogP contribution in [0.2, 0.25) is 0 Å². The fourth-order valence-corrected chi connectivity index (χ4v) is 2.98. The summed E-state index contributed by atoms with van der Waals surface area (Å²) in [5.74, 6) is 1.13. The van der Waals surface area contributed by atoms with Gasteiger partial charge in [0.25, 0.3) is 0 Å². The van der Waals surface area contributed by atoms with Crippen molar-refractivity contribution >= 4 is 17.4 Å². The lowest BCUT2D eigenvalue weighted by Crippen LogP contribution is -2.41. The Morgan fingerprint density at radius 1 is 1.21 bits per heavy atom. The molecule has 2 aromatic rings. The van der Waals surface area contributed by atoms with Gasteiger partial charge in [0.1, 0.15) is 5.82 Å². The van der Waals surface area contributed by atoms with E-state index in [1.54, 1.807) is 18.6 Å². The number of nitrogen functional groups attached to an aromatic ring is 1. The first-order valence-electron chi connectivity index (χ1n) is 8.35. The number of piperidine rings is 1. The number of nitrogens with two attached hydrogens (primary N) is 1. The van der Waals surface area contributed by atoms with Crippen molar-refractivity contribution in [1.82, 2.24) is 15.3 Å². The van der Waals surface area contributed by atoms with E-state index in [0.717, 1.165) is 43.9 Å². The topological polar surface area (TPSA) is 84.1 Å². The van der Waals surface area contributed by atoms with Gasteiger partial charge in [0.2, 0.25) is 5.91 Å². The molecule has 24 heavy (non-hydrogen) atoms. The van der Waals surface area contributed by atoms with Gasteiger partial charge in [0.05, 0.1) is 6.20 Å². The lowest BCUT2D eigenvalue weighted by atomic mass is 9.96. The quantitative estimate of drug-likeness (QED) is 0.816. The van der Waals surface area contributed by atoms with Gasteiger partial charge in [-0.2, -0.15) is 0 Å². The Morgan fingerprint density at radius 3 is 2.62 bits per heavy atom. The number of rotatable bonds is 5. The molecule has 2 heterocycles. The zero-order valence-corrected chi connectivity index (χ0v) is 13.7. The van der Waals surface area contributed by atoms with Crippen molar-refractivity contribution in [1.29, 1.82) is 0 Å². The second-order valence-corrected chi connectivity index (χ2v) is 6.11. The number of nitrogens with one attached hydrogen (secondary N) is 1. The standard InChI is InChI=1S/C18H23N5O/c19-16-3-1-14(2-4-16)5-8-22-18(24)15-6-11-23(12-7-15)17-13-20-9-10-21-17/h1-4,9-10,13,15H,5-8,11-12,19H2,(H,22,24). The number of benzene rings is 1. The first-order valence-corrected chi connectivity index (χ1v) is 8.35. The number of carbonyl (C=O) groups excluding carboxylic acids is 1. The predicted molar refractivity (Wildman–Crippen MR) is 94.5 cm³/mol. The molecule has 0 bridgehead atoms. The maximum Gasteiger partial charge on any atom is 0.223 e. The highest BCUT2D eigenvalue weighted by molar-refractivity contribution is 5.79. The van der Waals surface area contributed by atoms with Crippen LogP contribution in [-0.4, -0.2) is 35.5 Å². The molecule has 6 nitrogen and oxygen atoms in total. The SMILES string of the molecule is Nc1ccc(CCNC(=O)C2CCN(c3cnccn3)CC2)cc1. The van der Waals surface area contributed by atoms with Crippen LogP contribution in [0.1, 0.15) is 18.4 Å². The lowest BCUT2D eigenvalue weighted by Gasteiger charge is -2.31.